The van der Waals surface area contributed by atoms with Gasteiger partial charge in [0.25, 0.3) is 5.69 Å². The van der Waals surface area contributed by atoms with E-state index in [4.69, 9.17) is 42.6 Å². The van der Waals surface area contributed by atoms with Gasteiger partial charge in [-0.3, -0.25) is 10.1 Å². The van der Waals surface area contributed by atoms with Crippen molar-refractivity contribution < 1.29 is 61.9 Å². The standard InChI is InChI=1S/C46H43NO14/c1-53-45-41(38(54-26-30-14-6-2-7-15-30)36(58-45)28-56-42(48)32-18-10-4-11-19-32)61-46-40(55-27-31-16-8-3-9-17-31)39(60-44(50)34-22-24-35(25-23-34)47(51)52)37(59-46)29-57-43(49)33-20-12-5-13-21-33/h2-25,36-41,45-46H,26-29H2,1H3/t36-,37-,38-,39-,40-,41-,45-,46+/m1/s1. The van der Waals surface area contributed by atoms with Crippen LogP contribution in [0.5, 0.6) is 0 Å². The summed E-state index contributed by atoms with van der Waals surface area (Å²) in [6, 6.07) is 40.4. The molecule has 0 spiro atoms. The van der Waals surface area contributed by atoms with Crippen LogP contribution in [0.2, 0.25) is 0 Å². The van der Waals surface area contributed by atoms with Gasteiger partial charge in [-0.1, -0.05) is 97.1 Å². The number of nitrogens with zero attached hydrogens (tertiary/aromatic N) is 1. The minimum atomic E-state index is -1.32. The molecule has 0 aromatic heterocycles. The van der Waals surface area contributed by atoms with Crippen molar-refractivity contribution in [3.63, 3.8) is 0 Å². The molecular formula is C46H43NO14. The van der Waals surface area contributed by atoms with Crippen molar-refractivity contribution in [2.45, 2.75) is 62.4 Å². The Morgan fingerprint density at radius 1 is 0.541 bits per heavy atom. The highest BCUT2D eigenvalue weighted by Crippen LogP contribution is 2.36. The van der Waals surface area contributed by atoms with Gasteiger partial charge in [-0.15, -0.1) is 0 Å². The van der Waals surface area contributed by atoms with E-state index in [1.807, 2.05) is 60.7 Å². The van der Waals surface area contributed by atoms with Crippen LogP contribution < -0.4 is 0 Å². The van der Waals surface area contributed by atoms with Gasteiger partial charge in [0.2, 0.25) is 0 Å². The van der Waals surface area contributed by atoms with Crippen LogP contribution in [0.3, 0.4) is 0 Å². The SMILES string of the molecule is CO[C@@H]1O[C@H](COC(=O)c2ccccc2)[C@@H](OCc2ccccc2)[C@H]1O[C@@H]1O[C@H](COC(=O)c2ccccc2)[C@@H](OC(=O)c2ccc([N+](=O)[O-])cc2)[C@H]1OCc1ccccc1. The maximum Gasteiger partial charge on any atom is 0.338 e. The van der Waals surface area contributed by atoms with E-state index in [1.165, 1.54) is 31.4 Å². The molecule has 2 aliphatic rings. The molecule has 15 nitrogen and oxygen atoms in total. The number of carbonyl (C=O) groups is 3. The Bertz CT molecular complexity index is 2190. The number of ether oxygens (including phenoxy) is 9. The molecule has 0 radical (unpaired) electrons. The Balaban J connectivity index is 1.18. The van der Waals surface area contributed by atoms with Crippen LogP contribution in [0.1, 0.15) is 42.2 Å². The van der Waals surface area contributed by atoms with Gasteiger partial charge in [0, 0.05) is 19.2 Å². The van der Waals surface area contributed by atoms with E-state index in [9.17, 15) is 24.5 Å². The number of benzene rings is 5. The number of hydrogen-bond acceptors (Lipinski definition) is 14. The maximum absolute atomic E-state index is 13.7. The van der Waals surface area contributed by atoms with Crippen molar-refractivity contribution >= 4 is 23.6 Å². The number of methoxy groups -OCH3 is 1. The van der Waals surface area contributed by atoms with Crippen LogP contribution in [0, 0.1) is 10.1 Å². The molecule has 2 saturated heterocycles. The molecule has 15 heteroatoms. The van der Waals surface area contributed by atoms with Gasteiger partial charge in [0.1, 0.15) is 43.7 Å². The summed E-state index contributed by atoms with van der Waals surface area (Å²) >= 11 is 0. The van der Waals surface area contributed by atoms with Gasteiger partial charge in [0.05, 0.1) is 34.8 Å². The Labute approximate surface area is 351 Å². The summed E-state index contributed by atoms with van der Waals surface area (Å²) in [5.41, 5.74) is 2.07. The molecule has 0 unspecified atom stereocenters. The fourth-order valence-electron chi connectivity index (χ4n) is 6.84. The summed E-state index contributed by atoms with van der Waals surface area (Å²) in [7, 11) is 1.42. The monoisotopic (exact) mass is 833 g/mol. The Morgan fingerprint density at radius 3 is 1.48 bits per heavy atom. The van der Waals surface area contributed by atoms with Crippen molar-refractivity contribution in [3.8, 4) is 0 Å². The molecule has 2 heterocycles. The molecule has 316 valence electrons. The van der Waals surface area contributed by atoms with Crippen LogP contribution in [0.15, 0.2) is 146 Å². The first-order valence-corrected chi connectivity index (χ1v) is 19.5. The molecule has 2 aliphatic heterocycles. The Kier molecular flexibility index (Phi) is 14.6. The van der Waals surface area contributed by atoms with Crippen molar-refractivity contribution in [1.29, 1.82) is 0 Å². The average Bonchev–Trinajstić information content (AvgIpc) is 3.81. The number of non-ortho nitro benzene ring substituents is 1. The maximum atomic E-state index is 13.7. The minimum absolute atomic E-state index is 0.0164. The Morgan fingerprint density at radius 2 is 0.984 bits per heavy atom. The molecular weight excluding hydrogens is 790 g/mol. The third-order valence-corrected chi connectivity index (χ3v) is 9.96. The number of nitro groups is 1. The van der Waals surface area contributed by atoms with Gasteiger partial charge in [-0.25, -0.2) is 14.4 Å². The zero-order chi connectivity index (χ0) is 42.6. The van der Waals surface area contributed by atoms with Gasteiger partial charge in [-0.05, 0) is 47.5 Å². The highest BCUT2D eigenvalue weighted by molar-refractivity contribution is 5.90. The third kappa shape index (κ3) is 11.1. The highest BCUT2D eigenvalue weighted by Gasteiger charge is 2.55. The van der Waals surface area contributed by atoms with Crippen LogP contribution in [0.25, 0.3) is 0 Å². The van der Waals surface area contributed by atoms with Crippen molar-refractivity contribution in [3.05, 3.63) is 184 Å². The summed E-state index contributed by atoms with van der Waals surface area (Å²) < 4.78 is 55.6. The summed E-state index contributed by atoms with van der Waals surface area (Å²) in [5.74, 6) is -2.06. The second-order valence-electron chi connectivity index (χ2n) is 14.0. The van der Waals surface area contributed by atoms with E-state index in [-0.39, 0.29) is 36.6 Å². The zero-order valence-electron chi connectivity index (χ0n) is 33.0. The predicted molar refractivity (Wildman–Crippen MR) is 215 cm³/mol. The molecule has 8 atom stereocenters. The molecule has 0 bridgehead atoms. The van der Waals surface area contributed by atoms with Gasteiger partial charge in [0.15, 0.2) is 18.7 Å². The number of carbonyl (C=O) groups excluding carboxylic acids is 3. The predicted octanol–water partition coefficient (Wildman–Crippen LogP) is 6.49. The molecule has 5 aromatic rings. The zero-order valence-corrected chi connectivity index (χ0v) is 33.0. The second-order valence-corrected chi connectivity index (χ2v) is 14.0. The van der Waals surface area contributed by atoms with Crippen LogP contribution in [-0.2, 0) is 55.8 Å². The van der Waals surface area contributed by atoms with E-state index < -0.39 is 78.6 Å². The normalized spacial score (nSPS) is 23.2. The van der Waals surface area contributed by atoms with E-state index in [0.717, 1.165) is 11.1 Å². The fraction of sp³-hybridized carbons (Fsp3) is 0.283. The molecule has 2 fully saturated rings. The lowest BCUT2D eigenvalue weighted by atomic mass is 10.1. The summed E-state index contributed by atoms with van der Waals surface area (Å²) in [6.07, 6.45) is -8.79. The van der Waals surface area contributed by atoms with E-state index in [2.05, 4.69) is 0 Å². The van der Waals surface area contributed by atoms with Crippen molar-refractivity contribution in [2.24, 2.45) is 0 Å². The molecule has 0 N–H and O–H groups in total. The van der Waals surface area contributed by atoms with Gasteiger partial charge < -0.3 is 42.6 Å². The van der Waals surface area contributed by atoms with Crippen LogP contribution in [0.4, 0.5) is 5.69 Å². The lowest BCUT2D eigenvalue weighted by Gasteiger charge is -2.29. The second kappa shape index (κ2) is 20.8. The van der Waals surface area contributed by atoms with Gasteiger partial charge >= 0.3 is 17.9 Å². The van der Waals surface area contributed by atoms with Gasteiger partial charge in [-0.2, -0.15) is 0 Å². The topological polar surface area (TPSA) is 177 Å². The molecule has 0 saturated carbocycles. The lowest BCUT2D eigenvalue weighted by Crippen LogP contribution is -2.46. The minimum Gasteiger partial charge on any atom is -0.459 e. The summed E-state index contributed by atoms with van der Waals surface area (Å²) in [5, 5.41) is 11.3. The van der Waals surface area contributed by atoms with E-state index in [1.54, 1.807) is 60.7 Å². The quantitative estimate of drug-likeness (QED) is 0.0405. The van der Waals surface area contributed by atoms with Crippen molar-refractivity contribution in [2.75, 3.05) is 20.3 Å². The summed E-state index contributed by atoms with van der Waals surface area (Å²) in [6.45, 7) is -0.462. The lowest BCUT2D eigenvalue weighted by molar-refractivity contribution is -0.384. The highest BCUT2D eigenvalue weighted by atomic mass is 16.8. The third-order valence-electron chi connectivity index (χ3n) is 9.96. The van der Waals surface area contributed by atoms with Crippen molar-refractivity contribution in [1.82, 2.24) is 0 Å². The molecule has 0 aliphatic carbocycles. The van der Waals surface area contributed by atoms with Crippen LogP contribution in [-0.4, -0.2) is 92.4 Å². The number of rotatable bonds is 18. The first kappa shape index (κ1) is 42.8. The van der Waals surface area contributed by atoms with Crippen LogP contribution >= 0.6 is 0 Å². The summed E-state index contributed by atoms with van der Waals surface area (Å²) in [4.78, 5) is 50.7. The Hall–Kier alpha value is -6.33. The fourth-order valence-corrected chi connectivity index (χ4v) is 6.84. The number of esters is 3. The first-order chi connectivity index (χ1) is 29.8. The van der Waals surface area contributed by atoms with E-state index >= 15 is 0 Å². The number of nitro benzene ring substituents is 1. The molecule has 61 heavy (non-hydrogen) atoms. The molecule has 7 rings (SSSR count). The first-order valence-electron chi connectivity index (χ1n) is 19.5. The largest absolute Gasteiger partial charge is 0.459 e. The number of hydrogen-bond donors (Lipinski definition) is 0. The van der Waals surface area contributed by atoms with E-state index in [0.29, 0.717) is 5.56 Å². The smallest absolute Gasteiger partial charge is 0.338 e. The molecule has 0 amide bonds. The average molecular weight is 834 g/mol. The molecule has 5 aromatic carbocycles.